The number of hydrogen-bond acceptors (Lipinski definition) is 5. The van der Waals surface area contributed by atoms with Gasteiger partial charge in [0.15, 0.2) is 0 Å². The minimum Gasteiger partial charge on any atom is -0.490 e. The van der Waals surface area contributed by atoms with E-state index in [1.165, 1.54) is 6.07 Å². The van der Waals surface area contributed by atoms with Crippen molar-refractivity contribution in [2.45, 2.75) is 19.4 Å². The van der Waals surface area contributed by atoms with Crippen LogP contribution in [0.5, 0.6) is 5.75 Å². The zero-order chi connectivity index (χ0) is 14.5. The van der Waals surface area contributed by atoms with E-state index in [0.29, 0.717) is 13.1 Å². The van der Waals surface area contributed by atoms with Crippen LogP contribution in [0.3, 0.4) is 0 Å². The molecule has 0 aliphatic carbocycles. The third-order valence-corrected chi connectivity index (χ3v) is 2.42. The Kier molecular flexibility index (Phi) is 5.20. The number of hydrogen-bond donors (Lipinski definition) is 2. The van der Waals surface area contributed by atoms with Crippen LogP contribution in [0, 0.1) is 15.9 Å². The van der Waals surface area contributed by atoms with E-state index >= 15 is 0 Å². The monoisotopic (exact) mass is 272 g/mol. The molecular weight excluding hydrogens is 255 g/mol. The molecule has 0 fully saturated rings. The summed E-state index contributed by atoms with van der Waals surface area (Å²) in [5.41, 5.74) is -1.71. The van der Waals surface area contributed by atoms with E-state index < -0.39 is 22.0 Å². The first kappa shape index (κ1) is 15.3. The molecule has 0 aromatic heterocycles. The molecule has 0 saturated heterocycles. The van der Waals surface area contributed by atoms with Crippen molar-refractivity contribution in [2.75, 3.05) is 19.7 Å². The van der Waals surface area contributed by atoms with Gasteiger partial charge in [-0.3, -0.25) is 10.1 Å². The molecule has 0 aliphatic heterocycles. The van der Waals surface area contributed by atoms with E-state index in [-0.39, 0.29) is 12.4 Å². The average Bonchev–Trinajstić information content (AvgIpc) is 2.34. The molecule has 106 valence electrons. The molecule has 0 radical (unpaired) electrons. The third-order valence-electron chi connectivity index (χ3n) is 2.42. The molecule has 0 amide bonds. The predicted molar refractivity (Wildman–Crippen MR) is 67.7 cm³/mol. The molecule has 1 atom stereocenters. The lowest BCUT2D eigenvalue weighted by atomic mass is 10.1. The van der Waals surface area contributed by atoms with Gasteiger partial charge in [-0.1, -0.05) is 6.92 Å². The van der Waals surface area contributed by atoms with Crippen LogP contribution in [-0.4, -0.2) is 35.3 Å². The standard InChI is InChI=1S/C12H17FN2O4/c1-3-14-7-12(2,16)8-19-9-4-5-11(15(17)18)10(13)6-9/h4-6,14,16H,3,7-8H2,1-2H3. The minimum atomic E-state index is -1.10. The Labute approximate surface area is 110 Å². The number of ether oxygens (including phenoxy) is 1. The smallest absolute Gasteiger partial charge is 0.305 e. The number of nitro benzene ring substituents is 1. The molecule has 1 unspecified atom stereocenters. The highest BCUT2D eigenvalue weighted by Crippen LogP contribution is 2.22. The summed E-state index contributed by atoms with van der Waals surface area (Å²) in [7, 11) is 0. The number of nitrogens with one attached hydrogen (secondary N) is 1. The van der Waals surface area contributed by atoms with Crippen LogP contribution in [0.2, 0.25) is 0 Å². The number of benzene rings is 1. The summed E-state index contributed by atoms with van der Waals surface area (Å²) in [4.78, 5) is 9.64. The Hall–Kier alpha value is -1.73. The fraction of sp³-hybridized carbons (Fsp3) is 0.500. The van der Waals surface area contributed by atoms with Gasteiger partial charge in [-0.05, 0) is 19.5 Å². The minimum absolute atomic E-state index is 0.0444. The molecule has 2 N–H and O–H groups in total. The highest BCUT2D eigenvalue weighted by Gasteiger charge is 2.21. The summed E-state index contributed by atoms with van der Waals surface area (Å²) in [6.07, 6.45) is 0. The third kappa shape index (κ3) is 4.80. The Bertz CT molecular complexity index is 451. The van der Waals surface area contributed by atoms with E-state index in [1.807, 2.05) is 6.92 Å². The molecule has 0 aliphatic rings. The molecule has 7 heteroatoms. The highest BCUT2D eigenvalue weighted by atomic mass is 19.1. The number of nitro groups is 1. The molecule has 0 spiro atoms. The van der Waals surface area contributed by atoms with Gasteiger partial charge < -0.3 is 15.2 Å². The Morgan fingerprint density at radius 1 is 1.58 bits per heavy atom. The largest absolute Gasteiger partial charge is 0.490 e. The first-order valence-corrected chi connectivity index (χ1v) is 5.85. The van der Waals surface area contributed by atoms with Crippen LogP contribution in [-0.2, 0) is 0 Å². The fourth-order valence-corrected chi connectivity index (χ4v) is 1.41. The van der Waals surface area contributed by atoms with Crippen molar-refractivity contribution in [3.63, 3.8) is 0 Å². The first-order chi connectivity index (χ1) is 8.85. The Balaban J connectivity index is 2.63. The summed E-state index contributed by atoms with van der Waals surface area (Å²) in [5, 5.41) is 23.3. The van der Waals surface area contributed by atoms with Crippen LogP contribution < -0.4 is 10.1 Å². The molecule has 1 aromatic rings. The topological polar surface area (TPSA) is 84.6 Å². The maximum Gasteiger partial charge on any atom is 0.305 e. The van der Waals surface area contributed by atoms with Crippen molar-refractivity contribution in [2.24, 2.45) is 0 Å². The average molecular weight is 272 g/mol. The van der Waals surface area contributed by atoms with Gasteiger partial charge in [0.2, 0.25) is 5.82 Å². The Morgan fingerprint density at radius 3 is 2.79 bits per heavy atom. The fourth-order valence-electron chi connectivity index (χ4n) is 1.41. The maximum atomic E-state index is 13.3. The lowest BCUT2D eigenvalue weighted by Crippen LogP contribution is -2.42. The van der Waals surface area contributed by atoms with Crippen molar-refractivity contribution < 1.29 is 19.2 Å². The van der Waals surface area contributed by atoms with Gasteiger partial charge in [0.25, 0.3) is 0 Å². The van der Waals surface area contributed by atoms with E-state index in [0.717, 1.165) is 12.1 Å². The van der Waals surface area contributed by atoms with Gasteiger partial charge in [-0.2, -0.15) is 4.39 Å². The van der Waals surface area contributed by atoms with Crippen LogP contribution in [0.4, 0.5) is 10.1 Å². The Morgan fingerprint density at radius 2 is 2.26 bits per heavy atom. The van der Waals surface area contributed by atoms with E-state index in [1.54, 1.807) is 6.92 Å². The second-order valence-electron chi connectivity index (χ2n) is 4.44. The van der Waals surface area contributed by atoms with Crippen molar-refractivity contribution in [1.82, 2.24) is 5.32 Å². The molecule has 1 aromatic carbocycles. The second kappa shape index (κ2) is 6.44. The van der Waals surface area contributed by atoms with Gasteiger partial charge in [0.1, 0.15) is 18.0 Å². The van der Waals surface area contributed by atoms with Crippen molar-refractivity contribution in [1.29, 1.82) is 0 Å². The lowest BCUT2D eigenvalue weighted by molar-refractivity contribution is -0.387. The van der Waals surface area contributed by atoms with Crippen LogP contribution in [0.1, 0.15) is 13.8 Å². The van der Waals surface area contributed by atoms with Gasteiger partial charge in [-0.25, -0.2) is 0 Å². The number of nitrogens with zero attached hydrogens (tertiary/aromatic N) is 1. The lowest BCUT2D eigenvalue weighted by Gasteiger charge is -2.23. The summed E-state index contributed by atoms with van der Waals surface area (Å²) in [5.74, 6) is -0.825. The molecule has 1 rings (SSSR count). The molecule has 0 saturated carbocycles. The van der Waals surface area contributed by atoms with Gasteiger partial charge in [0, 0.05) is 18.7 Å². The normalized spacial score (nSPS) is 13.9. The van der Waals surface area contributed by atoms with Crippen molar-refractivity contribution >= 4 is 5.69 Å². The van der Waals surface area contributed by atoms with Crippen molar-refractivity contribution in [3.05, 3.63) is 34.1 Å². The van der Waals surface area contributed by atoms with E-state index in [2.05, 4.69) is 5.32 Å². The second-order valence-corrected chi connectivity index (χ2v) is 4.44. The van der Waals surface area contributed by atoms with E-state index in [9.17, 15) is 19.6 Å². The van der Waals surface area contributed by atoms with Crippen LogP contribution in [0.15, 0.2) is 18.2 Å². The van der Waals surface area contributed by atoms with E-state index in [4.69, 9.17) is 4.74 Å². The van der Waals surface area contributed by atoms with Crippen LogP contribution in [0.25, 0.3) is 0 Å². The number of halogens is 1. The predicted octanol–water partition coefficient (Wildman–Crippen LogP) is 1.47. The number of likely N-dealkylation sites (N-methyl/N-ethyl adjacent to an activating group) is 1. The molecule has 0 bridgehead atoms. The molecule has 6 nitrogen and oxygen atoms in total. The number of aliphatic hydroxyl groups is 1. The van der Waals surface area contributed by atoms with Gasteiger partial charge in [-0.15, -0.1) is 0 Å². The molecule has 19 heavy (non-hydrogen) atoms. The highest BCUT2D eigenvalue weighted by molar-refractivity contribution is 5.37. The summed E-state index contributed by atoms with van der Waals surface area (Å²) in [6, 6.07) is 3.26. The summed E-state index contributed by atoms with van der Waals surface area (Å²) < 4.78 is 18.6. The molecule has 0 heterocycles. The SMILES string of the molecule is CCNCC(C)(O)COc1ccc([N+](=O)[O-])c(F)c1. The van der Waals surface area contributed by atoms with Crippen LogP contribution >= 0.6 is 0 Å². The van der Waals surface area contributed by atoms with Gasteiger partial charge in [0.05, 0.1) is 4.92 Å². The first-order valence-electron chi connectivity index (χ1n) is 5.85. The quantitative estimate of drug-likeness (QED) is 0.580. The summed E-state index contributed by atoms with van der Waals surface area (Å²) >= 11 is 0. The zero-order valence-corrected chi connectivity index (χ0v) is 10.9. The summed E-state index contributed by atoms with van der Waals surface area (Å²) in [6.45, 7) is 4.48. The number of rotatable bonds is 7. The zero-order valence-electron chi connectivity index (χ0n) is 10.9. The van der Waals surface area contributed by atoms with Gasteiger partial charge >= 0.3 is 5.69 Å². The molecular formula is C12H17FN2O4. The maximum absolute atomic E-state index is 13.3. The van der Waals surface area contributed by atoms with Crippen molar-refractivity contribution in [3.8, 4) is 5.75 Å².